The smallest absolute Gasteiger partial charge is 0.129 e. The summed E-state index contributed by atoms with van der Waals surface area (Å²) in [5.74, 6) is 0.490. The van der Waals surface area contributed by atoms with Gasteiger partial charge in [-0.25, -0.2) is 4.39 Å². The van der Waals surface area contributed by atoms with Gasteiger partial charge in [0, 0.05) is 18.2 Å². The molecule has 0 amide bonds. The van der Waals surface area contributed by atoms with Crippen LogP contribution in [-0.2, 0) is 0 Å². The van der Waals surface area contributed by atoms with E-state index in [1.807, 2.05) is 6.07 Å². The Balaban J connectivity index is 1.67. The fourth-order valence-corrected chi connectivity index (χ4v) is 3.15. The van der Waals surface area contributed by atoms with Crippen molar-refractivity contribution >= 4 is 0 Å². The van der Waals surface area contributed by atoms with Crippen LogP contribution in [0.25, 0.3) is 0 Å². The van der Waals surface area contributed by atoms with E-state index < -0.39 is 0 Å². The largest absolute Gasteiger partial charge is 0.490 e. The minimum absolute atomic E-state index is 0.179. The van der Waals surface area contributed by atoms with Crippen LogP contribution in [0, 0.1) is 12.7 Å². The number of rotatable bonds is 2. The Kier molecular flexibility index (Phi) is 3.25. The lowest BCUT2D eigenvalue weighted by Gasteiger charge is -2.40. The van der Waals surface area contributed by atoms with Gasteiger partial charge in [-0.3, -0.25) is 0 Å². The van der Waals surface area contributed by atoms with Crippen molar-refractivity contribution in [2.75, 3.05) is 0 Å². The van der Waals surface area contributed by atoms with E-state index in [1.54, 1.807) is 13.0 Å². The first-order chi connectivity index (χ1) is 8.70. The van der Waals surface area contributed by atoms with Crippen molar-refractivity contribution in [1.82, 2.24) is 5.32 Å². The van der Waals surface area contributed by atoms with Gasteiger partial charge < -0.3 is 10.1 Å². The average Bonchev–Trinajstić information content (AvgIpc) is 2.33. The van der Waals surface area contributed by atoms with Gasteiger partial charge in [-0.1, -0.05) is 12.5 Å². The first-order valence-corrected chi connectivity index (χ1v) is 6.89. The van der Waals surface area contributed by atoms with Crippen LogP contribution >= 0.6 is 0 Å². The van der Waals surface area contributed by atoms with Gasteiger partial charge in [-0.2, -0.15) is 0 Å². The van der Waals surface area contributed by atoms with Gasteiger partial charge in [0.2, 0.25) is 0 Å². The molecule has 2 fully saturated rings. The molecule has 0 radical (unpaired) electrons. The molecule has 2 heterocycles. The lowest BCUT2D eigenvalue weighted by molar-refractivity contribution is 0.0924. The minimum Gasteiger partial charge on any atom is -0.490 e. The number of hydrogen-bond donors (Lipinski definition) is 1. The van der Waals surface area contributed by atoms with Gasteiger partial charge in [-0.15, -0.1) is 0 Å². The molecule has 1 N–H and O–H groups in total. The van der Waals surface area contributed by atoms with Crippen LogP contribution in [-0.4, -0.2) is 18.2 Å². The van der Waals surface area contributed by atoms with Crippen LogP contribution in [0.5, 0.6) is 5.75 Å². The number of nitrogens with one attached hydrogen (secondary N) is 1. The third-order valence-electron chi connectivity index (χ3n) is 4.12. The molecule has 2 bridgehead atoms. The summed E-state index contributed by atoms with van der Waals surface area (Å²) in [7, 11) is 0. The van der Waals surface area contributed by atoms with Gasteiger partial charge in [0.15, 0.2) is 0 Å². The van der Waals surface area contributed by atoms with E-state index >= 15 is 0 Å². The van der Waals surface area contributed by atoms with Crippen molar-refractivity contribution in [1.29, 1.82) is 0 Å². The molecule has 0 spiro atoms. The zero-order chi connectivity index (χ0) is 12.5. The van der Waals surface area contributed by atoms with Crippen LogP contribution in [0.2, 0.25) is 0 Å². The number of benzene rings is 1. The Bertz CT molecular complexity index is 423. The average molecular weight is 249 g/mol. The van der Waals surface area contributed by atoms with Gasteiger partial charge >= 0.3 is 0 Å². The SMILES string of the molecule is Cc1ccc(OC2CC3CCCC(C2)N3)cc1F. The van der Waals surface area contributed by atoms with Crippen molar-refractivity contribution in [2.24, 2.45) is 0 Å². The molecule has 0 aliphatic carbocycles. The maximum absolute atomic E-state index is 13.5. The van der Waals surface area contributed by atoms with Crippen LogP contribution in [0.4, 0.5) is 4.39 Å². The zero-order valence-electron chi connectivity index (χ0n) is 10.8. The van der Waals surface area contributed by atoms with E-state index in [0.717, 1.165) is 12.8 Å². The molecule has 2 aliphatic rings. The molecule has 98 valence electrons. The molecule has 2 nitrogen and oxygen atoms in total. The van der Waals surface area contributed by atoms with Crippen molar-refractivity contribution in [3.63, 3.8) is 0 Å². The quantitative estimate of drug-likeness (QED) is 0.869. The van der Waals surface area contributed by atoms with Gasteiger partial charge in [0.05, 0.1) is 0 Å². The third kappa shape index (κ3) is 2.51. The zero-order valence-corrected chi connectivity index (χ0v) is 10.8. The normalized spacial score (nSPS) is 31.1. The predicted octanol–water partition coefficient (Wildman–Crippen LogP) is 3.19. The number of ether oxygens (including phenoxy) is 1. The number of aryl methyl sites for hydroxylation is 1. The molecule has 0 aromatic heterocycles. The summed E-state index contributed by atoms with van der Waals surface area (Å²) in [6.07, 6.45) is 6.16. The second kappa shape index (κ2) is 4.88. The minimum atomic E-state index is -0.179. The highest BCUT2D eigenvalue weighted by Crippen LogP contribution is 2.29. The summed E-state index contributed by atoms with van der Waals surface area (Å²) in [5.41, 5.74) is 0.671. The van der Waals surface area contributed by atoms with Crippen molar-refractivity contribution < 1.29 is 9.13 Å². The predicted molar refractivity (Wildman–Crippen MR) is 69.3 cm³/mol. The molecule has 2 atom stereocenters. The molecule has 2 aliphatic heterocycles. The molecule has 18 heavy (non-hydrogen) atoms. The lowest BCUT2D eigenvalue weighted by atomic mass is 9.85. The molecular weight excluding hydrogens is 229 g/mol. The van der Waals surface area contributed by atoms with Crippen LogP contribution in [0.3, 0.4) is 0 Å². The molecule has 1 aromatic carbocycles. The first kappa shape index (κ1) is 12.0. The van der Waals surface area contributed by atoms with E-state index in [2.05, 4.69) is 5.32 Å². The molecule has 3 rings (SSSR count). The molecule has 3 heteroatoms. The van der Waals surface area contributed by atoms with Gasteiger partial charge in [0.25, 0.3) is 0 Å². The summed E-state index contributed by atoms with van der Waals surface area (Å²) in [6, 6.07) is 6.35. The summed E-state index contributed by atoms with van der Waals surface area (Å²) < 4.78 is 19.4. The highest BCUT2D eigenvalue weighted by molar-refractivity contribution is 5.28. The Hall–Kier alpha value is -1.09. The van der Waals surface area contributed by atoms with Crippen molar-refractivity contribution in [3.05, 3.63) is 29.6 Å². The monoisotopic (exact) mass is 249 g/mol. The lowest BCUT2D eigenvalue weighted by Crippen LogP contribution is -2.51. The summed E-state index contributed by atoms with van der Waals surface area (Å²) in [6.45, 7) is 1.77. The molecule has 2 unspecified atom stereocenters. The summed E-state index contributed by atoms with van der Waals surface area (Å²) in [5, 5.41) is 3.63. The number of fused-ring (bicyclic) bond motifs is 2. The third-order valence-corrected chi connectivity index (χ3v) is 4.12. The fourth-order valence-electron chi connectivity index (χ4n) is 3.15. The van der Waals surface area contributed by atoms with Crippen LogP contribution < -0.4 is 10.1 Å². The standard InChI is InChI=1S/C15H20FNO/c1-10-5-6-13(9-15(10)16)18-14-7-11-3-2-4-12(8-14)17-11/h5-6,9,11-12,14,17H,2-4,7-8H2,1H3. The second-order valence-corrected chi connectivity index (χ2v) is 5.61. The Morgan fingerprint density at radius 1 is 1.22 bits per heavy atom. The Morgan fingerprint density at radius 3 is 2.61 bits per heavy atom. The van der Waals surface area contributed by atoms with E-state index in [0.29, 0.717) is 23.4 Å². The number of piperidine rings is 2. The van der Waals surface area contributed by atoms with E-state index in [4.69, 9.17) is 4.74 Å². The molecule has 1 aromatic rings. The number of halogens is 1. The van der Waals surface area contributed by atoms with Crippen LogP contribution in [0.1, 0.15) is 37.7 Å². The summed E-state index contributed by atoms with van der Waals surface area (Å²) in [4.78, 5) is 0. The maximum atomic E-state index is 13.5. The summed E-state index contributed by atoms with van der Waals surface area (Å²) >= 11 is 0. The number of hydrogen-bond acceptors (Lipinski definition) is 2. The molecule has 0 saturated carbocycles. The van der Waals surface area contributed by atoms with E-state index in [9.17, 15) is 4.39 Å². The second-order valence-electron chi connectivity index (χ2n) is 5.61. The van der Waals surface area contributed by atoms with Crippen LogP contribution in [0.15, 0.2) is 18.2 Å². The topological polar surface area (TPSA) is 21.3 Å². The van der Waals surface area contributed by atoms with Crippen molar-refractivity contribution in [2.45, 2.75) is 57.2 Å². The van der Waals surface area contributed by atoms with E-state index in [-0.39, 0.29) is 11.9 Å². The highest BCUT2D eigenvalue weighted by Gasteiger charge is 2.32. The fraction of sp³-hybridized carbons (Fsp3) is 0.600. The molecule has 2 saturated heterocycles. The first-order valence-electron chi connectivity index (χ1n) is 6.89. The van der Waals surface area contributed by atoms with E-state index in [1.165, 1.54) is 25.3 Å². The Morgan fingerprint density at radius 2 is 1.94 bits per heavy atom. The van der Waals surface area contributed by atoms with Gasteiger partial charge in [0.1, 0.15) is 17.7 Å². The highest BCUT2D eigenvalue weighted by atomic mass is 19.1. The van der Waals surface area contributed by atoms with Gasteiger partial charge in [-0.05, 0) is 44.2 Å². The van der Waals surface area contributed by atoms with Crippen molar-refractivity contribution in [3.8, 4) is 5.75 Å². The maximum Gasteiger partial charge on any atom is 0.129 e. The molecular formula is C15H20FNO. The Labute approximate surface area is 108 Å².